The van der Waals surface area contributed by atoms with Crippen molar-refractivity contribution < 1.29 is 8.83 Å². The Hall–Kier alpha value is -8.14. The van der Waals surface area contributed by atoms with Gasteiger partial charge in [0.1, 0.15) is 16.7 Å². The van der Waals surface area contributed by atoms with Crippen molar-refractivity contribution in [2.75, 3.05) is 4.90 Å². The molecule has 0 atom stereocenters. The van der Waals surface area contributed by atoms with Gasteiger partial charge in [-0.15, -0.1) is 0 Å². The zero-order valence-corrected chi connectivity index (χ0v) is 33.1. The zero-order chi connectivity index (χ0) is 40.3. The normalized spacial score (nSPS) is 11.6. The molecule has 0 bridgehead atoms. The van der Waals surface area contributed by atoms with Gasteiger partial charge in [0.15, 0.2) is 5.58 Å². The van der Waals surface area contributed by atoms with Crippen LogP contribution in [0.3, 0.4) is 0 Å². The molecule has 0 aliphatic rings. The molecule has 0 aliphatic carbocycles. The summed E-state index contributed by atoms with van der Waals surface area (Å²) in [6.07, 6.45) is 0. The van der Waals surface area contributed by atoms with Crippen LogP contribution in [0.5, 0.6) is 0 Å². The van der Waals surface area contributed by atoms with Crippen LogP contribution >= 0.6 is 0 Å². The number of fused-ring (bicyclic) bond motifs is 8. The summed E-state index contributed by atoms with van der Waals surface area (Å²) >= 11 is 0. The lowest BCUT2D eigenvalue weighted by Gasteiger charge is -2.28. The average molecular weight is 780 g/mol. The maximum absolute atomic E-state index is 6.75. The van der Waals surface area contributed by atoms with Crippen molar-refractivity contribution in [3.05, 3.63) is 224 Å². The fraction of sp³-hybridized carbons (Fsp3) is 0. The number of para-hydroxylation sites is 3. The van der Waals surface area contributed by atoms with Gasteiger partial charge in [-0.1, -0.05) is 176 Å². The van der Waals surface area contributed by atoms with Gasteiger partial charge >= 0.3 is 0 Å². The number of hydrogen-bond acceptors (Lipinski definition) is 3. The van der Waals surface area contributed by atoms with Crippen molar-refractivity contribution in [3.63, 3.8) is 0 Å². The molecule has 0 saturated carbocycles. The molecule has 0 spiro atoms. The molecule has 3 nitrogen and oxygen atoms in total. The molecular formula is C58H37NO2. The standard InChI is InChI=1S/C58H37NO2/c1-3-15-39(16-4-1)44-35-32-42(37-51(44)40-17-5-2-6-18-40)38-29-33-43(34-30-38)59(53-26-13-24-49-47-22-10-12-27-54(47)60-58(49)53)52-25-11-9-21-46(52)48-23-14-28-55-56(48)50-36-31-41-19-7-8-20-45(41)57(50)61-55/h1-37H. The molecule has 0 unspecified atom stereocenters. The number of furan rings is 2. The molecule has 2 aromatic heterocycles. The quantitative estimate of drug-likeness (QED) is 0.161. The summed E-state index contributed by atoms with van der Waals surface area (Å²) in [5.41, 5.74) is 15.8. The molecule has 0 fully saturated rings. The van der Waals surface area contributed by atoms with Crippen LogP contribution in [0, 0.1) is 0 Å². The Morgan fingerprint density at radius 3 is 1.74 bits per heavy atom. The van der Waals surface area contributed by atoms with Crippen molar-refractivity contribution >= 4 is 71.7 Å². The smallest absolute Gasteiger partial charge is 0.159 e. The Kier molecular flexibility index (Phi) is 8.17. The first-order valence-electron chi connectivity index (χ1n) is 20.7. The summed E-state index contributed by atoms with van der Waals surface area (Å²) in [6.45, 7) is 0. The maximum Gasteiger partial charge on any atom is 0.159 e. The first kappa shape index (κ1) is 34.9. The Bertz CT molecular complexity index is 3580. The highest BCUT2D eigenvalue weighted by molar-refractivity contribution is 6.20. The molecule has 12 aromatic rings. The van der Waals surface area contributed by atoms with Gasteiger partial charge in [-0.05, 0) is 92.9 Å². The first-order valence-corrected chi connectivity index (χ1v) is 20.7. The van der Waals surface area contributed by atoms with Gasteiger partial charge in [-0.2, -0.15) is 0 Å². The highest BCUT2D eigenvalue weighted by Crippen LogP contribution is 2.48. The Labute approximate surface area is 353 Å². The summed E-state index contributed by atoms with van der Waals surface area (Å²) < 4.78 is 13.4. The van der Waals surface area contributed by atoms with E-state index in [4.69, 9.17) is 8.83 Å². The van der Waals surface area contributed by atoms with Crippen molar-refractivity contribution in [1.29, 1.82) is 0 Å². The summed E-state index contributed by atoms with van der Waals surface area (Å²) in [4.78, 5) is 2.36. The number of benzene rings is 10. The highest BCUT2D eigenvalue weighted by atomic mass is 16.3. The largest absolute Gasteiger partial charge is 0.455 e. The van der Waals surface area contributed by atoms with Crippen LogP contribution in [0.25, 0.3) is 99.2 Å². The molecule has 0 amide bonds. The van der Waals surface area contributed by atoms with Crippen LogP contribution in [0.1, 0.15) is 0 Å². The minimum absolute atomic E-state index is 0.838. The number of rotatable bonds is 7. The molecule has 0 aliphatic heterocycles. The molecule has 61 heavy (non-hydrogen) atoms. The summed E-state index contributed by atoms with van der Waals surface area (Å²) in [7, 11) is 0. The lowest BCUT2D eigenvalue weighted by atomic mass is 9.91. The SMILES string of the molecule is c1ccc(-c2ccc(-c3ccc(N(c4ccccc4-c4cccc5oc6c7ccccc7ccc6c45)c4cccc5c4oc4ccccc45)cc3)cc2-c2ccccc2)cc1. The van der Waals surface area contributed by atoms with E-state index in [1.165, 1.54) is 22.3 Å². The predicted octanol–water partition coefficient (Wildman–Crippen LogP) is 16.8. The lowest BCUT2D eigenvalue weighted by Crippen LogP contribution is -2.11. The monoisotopic (exact) mass is 779 g/mol. The second kappa shape index (κ2) is 14.3. The number of hydrogen-bond donors (Lipinski definition) is 0. The van der Waals surface area contributed by atoms with Gasteiger partial charge in [-0.25, -0.2) is 0 Å². The van der Waals surface area contributed by atoms with Crippen molar-refractivity contribution in [1.82, 2.24) is 0 Å². The van der Waals surface area contributed by atoms with Crippen LogP contribution < -0.4 is 4.90 Å². The van der Waals surface area contributed by atoms with Crippen LogP contribution in [0.4, 0.5) is 17.1 Å². The molecule has 0 N–H and O–H groups in total. The van der Waals surface area contributed by atoms with E-state index in [-0.39, 0.29) is 0 Å². The van der Waals surface area contributed by atoms with E-state index in [1.54, 1.807) is 0 Å². The van der Waals surface area contributed by atoms with E-state index in [0.29, 0.717) is 0 Å². The van der Waals surface area contributed by atoms with E-state index in [2.05, 4.69) is 217 Å². The molecule has 3 heteroatoms. The van der Waals surface area contributed by atoms with E-state index >= 15 is 0 Å². The number of anilines is 3. The van der Waals surface area contributed by atoms with Gasteiger partial charge in [0.2, 0.25) is 0 Å². The number of nitrogens with zero attached hydrogens (tertiary/aromatic N) is 1. The van der Waals surface area contributed by atoms with Gasteiger partial charge in [0, 0.05) is 38.2 Å². The molecule has 10 aromatic carbocycles. The van der Waals surface area contributed by atoms with Crippen LogP contribution in [0.2, 0.25) is 0 Å². The van der Waals surface area contributed by atoms with Crippen molar-refractivity contribution in [2.24, 2.45) is 0 Å². The minimum atomic E-state index is 0.838. The van der Waals surface area contributed by atoms with Crippen molar-refractivity contribution in [3.8, 4) is 44.5 Å². The van der Waals surface area contributed by atoms with E-state index in [0.717, 1.165) is 94.0 Å². The fourth-order valence-electron chi connectivity index (χ4n) is 9.24. The van der Waals surface area contributed by atoms with Gasteiger partial charge < -0.3 is 13.7 Å². The van der Waals surface area contributed by atoms with Crippen LogP contribution in [0.15, 0.2) is 233 Å². The average Bonchev–Trinajstić information content (AvgIpc) is 3.92. The van der Waals surface area contributed by atoms with Crippen molar-refractivity contribution in [2.45, 2.75) is 0 Å². The Morgan fingerprint density at radius 1 is 0.295 bits per heavy atom. The lowest BCUT2D eigenvalue weighted by molar-refractivity contribution is 0.669. The maximum atomic E-state index is 6.75. The molecule has 2 heterocycles. The minimum Gasteiger partial charge on any atom is -0.455 e. The van der Waals surface area contributed by atoms with Gasteiger partial charge in [0.25, 0.3) is 0 Å². The van der Waals surface area contributed by atoms with E-state index in [1.807, 2.05) is 12.1 Å². The zero-order valence-electron chi connectivity index (χ0n) is 33.1. The predicted molar refractivity (Wildman–Crippen MR) is 255 cm³/mol. The first-order chi connectivity index (χ1) is 30.3. The Balaban J connectivity index is 1.05. The molecule has 0 radical (unpaired) electrons. The molecule has 12 rings (SSSR count). The molecule has 286 valence electrons. The van der Waals surface area contributed by atoms with Crippen LogP contribution in [-0.2, 0) is 0 Å². The second-order valence-electron chi connectivity index (χ2n) is 15.6. The third-order valence-corrected chi connectivity index (χ3v) is 12.1. The fourth-order valence-corrected chi connectivity index (χ4v) is 9.24. The van der Waals surface area contributed by atoms with Gasteiger partial charge in [0.05, 0.1) is 11.4 Å². The highest BCUT2D eigenvalue weighted by Gasteiger charge is 2.24. The summed E-state index contributed by atoms with van der Waals surface area (Å²) in [5.74, 6) is 0. The van der Waals surface area contributed by atoms with E-state index in [9.17, 15) is 0 Å². The van der Waals surface area contributed by atoms with E-state index < -0.39 is 0 Å². The molecule has 0 saturated heterocycles. The third-order valence-electron chi connectivity index (χ3n) is 12.1. The molecular weight excluding hydrogens is 743 g/mol. The Morgan fingerprint density at radius 2 is 0.902 bits per heavy atom. The van der Waals surface area contributed by atoms with Crippen LogP contribution in [-0.4, -0.2) is 0 Å². The summed E-state index contributed by atoms with van der Waals surface area (Å²) in [5, 5.41) is 6.64. The van der Waals surface area contributed by atoms with Gasteiger partial charge in [-0.3, -0.25) is 0 Å². The topological polar surface area (TPSA) is 29.5 Å². The second-order valence-corrected chi connectivity index (χ2v) is 15.6. The third kappa shape index (κ3) is 5.82. The summed E-state index contributed by atoms with van der Waals surface area (Å²) in [6, 6.07) is 79.8.